The summed E-state index contributed by atoms with van der Waals surface area (Å²) in [4.78, 5) is -0.865. The van der Waals surface area contributed by atoms with Gasteiger partial charge in [-0.3, -0.25) is 0 Å². The lowest BCUT2D eigenvalue weighted by atomic mass is 9.90. The maximum Gasteiger partial charge on any atom is 0.114 e. The highest BCUT2D eigenvalue weighted by molar-refractivity contribution is 6.25. The van der Waals surface area contributed by atoms with Crippen LogP contribution in [0.2, 0.25) is 0 Å². The van der Waals surface area contributed by atoms with E-state index in [1.807, 2.05) is 36.4 Å². The van der Waals surface area contributed by atoms with Gasteiger partial charge in [0.1, 0.15) is 5.00 Å². The first-order valence-corrected chi connectivity index (χ1v) is 5.55. The van der Waals surface area contributed by atoms with Crippen molar-refractivity contribution < 1.29 is 5.11 Å². The summed E-state index contributed by atoms with van der Waals surface area (Å²) in [5.74, 6) is 0. The Morgan fingerprint density at radius 2 is 2.00 bits per heavy atom. The molecule has 1 atom stereocenters. The van der Waals surface area contributed by atoms with E-state index in [0.29, 0.717) is 6.42 Å². The number of hydrogen-bond acceptors (Lipinski definition) is 2. The Balaban J connectivity index is 2.41. The van der Waals surface area contributed by atoms with Gasteiger partial charge >= 0.3 is 0 Å². The zero-order valence-corrected chi connectivity index (χ0v) is 9.61. The Bertz CT molecular complexity index is 435. The van der Waals surface area contributed by atoms with E-state index in [1.54, 1.807) is 6.08 Å². The molecule has 16 heavy (non-hydrogen) atoms. The molecule has 0 aliphatic heterocycles. The monoisotopic (exact) mass is 235 g/mol. The fourth-order valence-corrected chi connectivity index (χ4v) is 2.10. The molecule has 3 heteroatoms. The van der Waals surface area contributed by atoms with Crippen molar-refractivity contribution in [1.29, 1.82) is 0 Å². The minimum Gasteiger partial charge on any atom is -0.392 e. The summed E-state index contributed by atoms with van der Waals surface area (Å²) < 4.78 is 0. The molecule has 2 nitrogen and oxygen atoms in total. The van der Waals surface area contributed by atoms with Crippen LogP contribution in [0.5, 0.6) is 0 Å². The minimum absolute atomic E-state index is 0.0137. The molecular weight excluding hydrogens is 222 g/mol. The lowest BCUT2D eigenvalue weighted by Gasteiger charge is -2.25. The molecule has 3 N–H and O–H groups in total. The van der Waals surface area contributed by atoms with Gasteiger partial charge in [0.2, 0.25) is 0 Å². The number of nitrogens with two attached hydrogens (primary N) is 1. The van der Waals surface area contributed by atoms with E-state index in [9.17, 15) is 5.11 Å². The molecule has 0 spiro atoms. The standard InChI is InChI=1S/C13H14ClNO/c14-13(15)7-6-12(11(8-13)9-16)10-4-2-1-3-5-10/h1-7,16H,8-9,15H2. The highest BCUT2D eigenvalue weighted by Gasteiger charge is 2.25. The van der Waals surface area contributed by atoms with Gasteiger partial charge in [0.15, 0.2) is 0 Å². The van der Waals surface area contributed by atoms with Gasteiger partial charge in [0.25, 0.3) is 0 Å². The summed E-state index contributed by atoms with van der Waals surface area (Å²) >= 11 is 6.04. The molecule has 1 unspecified atom stereocenters. The molecule has 2 rings (SSSR count). The Labute approximate surface area is 100 Å². The fraction of sp³-hybridized carbons (Fsp3) is 0.231. The maximum atomic E-state index is 9.35. The van der Waals surface area contributed by atoms with Crippen LogP contribution in [0.15, 0.2) is 48.1 Å². The number of alkyl halides is 1. The van der Waals surface area contributed by atoms with Crippen LogP contribution in [-0.2, 0) is 0 Å². The molecule has 0 fully saturated rings. The second kappa shape index (κ2) is 4.42. The first kappa shape index (κ1) is 11.4. The van der Waals surface area contributed by atoms with E-state index in [4.69, 9.17) is 17.3 Å². The normalized spacial score (nSPS) is 24.9. The van der Waals surface area contributed by atoms with Crippen molar-refractivity contribution in [3.63, 3.8) is 0 Å². The molecule has 0 saturated heterocycles. The molecule has 84 valence electrons. The summed E-state index contributed by atoms with van der Waals surface area (Å²) in [6, 6.07) is 9.91. The predicted octanol–water partition coefficient (Wildman–Crippen LogP) is 2.29. The van der Waals surface area contributed by atoms with Gasteiger partial charge in [-0.05, 0) is 22.8 Å². The van der Waals surface area contributed by atoms with Crippen molar-refractivity contribution >= 4 is 17.2 Å². The zero-order chi connectivity index (χ0) is 11.6. The van der Waals surface area contributed by atoms with Crippen molar-refractivity contribution in [2.45, 2.75) is 11.4 Å². The van der Waals surface area contributed by atoms with E-state index >= 15 is 0 Å². The highest BCUT2D eigenvalue weighted by Crippen LogP contribution is 2.32. The summed E-state index contributed by atoms with van der Waals surface area (Å²) in [5, 5.41) is 9.35. The third-order valence-corrected chi connectivity index (χ3v) is 2.93. The smallest absolute Gasteiger partial charge is 0.114 e. The second-order valence-corrected chi connectivity index (χ2v) is 4.68. The predicted molar refractivity (Wildman–Crippen MR) is 67.0 cm³/mol. The third kappa shape index (κ3) is 2.35. The van der Waals surface area contributed by atoms with Gasteiger partial charge in [-0.1, -0.05) is 48.0 Å². The molecule has 0 bridgehead atoms. The molecule has 0 aromatic heterocycles. The van der Waals surface area contributed by atoms with Gasteiger partial charge in [-0.25, -0.2) is 0 Å². The molecule has 1 aromatic carbocycles. The van der Waals surface area contributed by atoms with Crippen LogP contribution in [-0.4, -0.2) is 16.7 Å². The maximum absolute atomic E-state index is 9.35. The van der Waals surface area contributed by atoms with E-state index in [0.717, 1.165) is 16.7 Å². The van der Waals surface area contributed by atoms with E-state index in [-0.39, 0.29) is 6.61 Å². The summed E-state index contributed by atoms with van der Waals surface area (Å²) in [7, 11) is 0. The van der Waals surface area contributed by atoms with E-state index in [1.165, 1.54) is 0 Å². The van der Waals surface area contributed by atoms with Crippen LogP contribution >= 0.6 is 11.6 Å². The number of aliphatic hydroxyl groups excluding tert-OH is 1. The third-order valence-electron chi connectivity index (χ3n) is 2.67. The van der Waals surface area contributed by atoms with Crippen LogP contribution in [0.1, 0.15) is 12.0 Å². The molecule has 1 aromatic rings. The van der Waals surface area contributed by atoms with Crippen LogP contribution < -0.4 is 5.73 Å². The van der Waals surface area contributed by atoms with Gasteiger partial charge < -0.3 is 10.8 Å². The van der Waals surface area contributed by atoms with Gasteiger partial charge in [0, 0.05) is 6.42 Å². The first-order valence-electron chi connectivity index (χ1n) is 5.18. The zero-order valence-electron chi connectivity index (χ0n) is 8.86. The average molecular weight is 236 g/mol. The Morgan fingerprint density at radius 3 is 2.62 bits per heavy atom. The van der Waals surface area contributed by atoms with Gasteiger partial charge in [0.05, 0.1) is 6.61 Å². The molecule has 0 saturated carbocycles. The molecule has 1 aliphatic rings. The number of allylic oxidation sites excluding steroid dienone is 2. The van der Waals surface area contributed by atoms with E-state index < -0.39 is 5.00 Å². The average Bonchev–Trinajstić information content (AvgIpc) is 2.29. The van der Waals surface area contributed by atoms with Crippen molar-refractivity contribution in [3.8, 4) is 0 Å². The first-order chi connectivity index (χ1) is 7.62. The number of hydrogen-bond donors (Lipinski definition) is 2. The SMILES string of the molecule is NC1(Cl)C=CC(c2ccccc2)=C(CO)C1. The Kier molecular flexibility index (Phi) is 3.15. The van der Waals surface area contributed by atoms with Crippen LogP contribution in [0.25, 0.3) is 5.57 Å². The van der Waals surface area contributed by atoms with E-state index in [2.05, 4.69) is 0 Å². The lowest BCUT2D eigenvalue weighted by molar-refractivity contribution is 0.324. The highest BCUT2D eigenvalue weighted by atomic mass is 35.5. The largest absolute Gasteiger partial charge is 0.392 e. The van der Waals surface area contributed by atoms with Crippen LogP contribution in [0.3, 0.4) is 0 Å². The fourth-order valence-electron chi connectivity index (χ4n) is 1.88. The number of halogens is 1. The van der Waals surface area contributed by atoms with Gasteiger partial charge in [-0.2, -0.15) is 0 Å². The molecule has 0 heterocycles. The summed E-state index contributed by atoms with van der Waals surface area (Å²) in [6.07, 6.45) is 4.14. The Hall–Kier alpha value is -1.09. The Morgan fingerprint density at radius 1 is 1.31 bits per heavy atom. The summed E-state index contributed by atoms with van der Waals surface area (Å²) in [6.45, 7) is -0.0137. The molecule has 0 amide bonds. The molecular formula is C13H14ClNO. The van der Waals surface area contributed by atoms with Gasteiger partial charge in [-0.15, -0.1) is 0 Å². The molecule has 0 radical (unpaired) electrons. The van der Waals surface area contributed by atoms with Crippen molar-refractivity contribution in [3.05, 3.63) is 53.6 Å². The van der Waals surface area contributed by atoms with Crippen molar-refractivity contribution in [1.82, 2.24) is 0 Å². The summed E-state index contributed by atoms with van der Waals surface area (Å²) in [5.41, 5.74) is 8.80. The van der Waals surface area contributed by atoms with Crippen molar-refractivity contribution in [2.24, 2.45) is 5.73 Å². The lowest BCUT2D eigenvalue weighted by Crippen LogP contribution is -2.33. The van der Waals surface area contributed by atoms with Crippen molar-refractivity contribution in [2.75, 3.05) is 6.61 Å². The number of rotatable bonds is 2. The number of benzene rings is 1. The van der Waals surface area contributed by atoms with Crippen LogP contribution in [0, 0.1) is 0 Å². The topological polar surface area (TPSA) is 46.2 Å². The quantitative estimate of drug-likeness (QED) is 0.610. The minimum atomic E-state index is -0.865. The van der Waals surface area contributed by atoms with Crippen LogP contribution in [0.4, 0.5) is 0 Å². The second-order valence-electron chi connectivity index (χ2n) is 3.98. The number of aliphatic hydroxyl groups is 1. The molecule has 1 aliphatic carbocycles.